The van der Waals surface area contributed by atoms with Crippen molar-refractivity contribution in [3.8, 4) is 0 Å². The molecule has 2 aliphatic heterocycles. The summed E-state index contributed by atoms with van der Waals surface area (Å²) < 4.78 is 24.0. The lowest BCUT2D eigenvalue weighted by Crippen LogP contribution is -2.62. The van der Waals surface area contributed by atoms with E-state index in [1.54, 1.807) is 16.2 Å². The maximum absolute atomic E-state index is 12.5. The number of carbonyl (C=O) groups is 1. The number of nitrogens with one attached hydrogen (secondary N) is 1. The fourth-order valence-corrected chi connectivity index (χ4v) is 6.24. The highest BCUT2D eigenvalue weighted by molar-refractivity contribution is 7.91. The van der Waals surface area contributed by atoms with Gasteiger partial charge in [0, 0.05) is 30.6 Å². The van der Waals surface area contributed by atoms with Gasteiger partial charge in [0.2, 0.25) is 0 Å². The molecule has 0 spiro atoms. The van der Waals surface area contributed by atoms with Gasteiger partial charge in [-0.2, -0.15) is 0 Å². The van der Waals surface area contributed by atoms with E-state index in [2.05, 4.69) is 16.3 Å². The van der Waals surface area contributed by atoms with Crippen LogP contribution < -0.4 is 5.32 Å². The summed E-state index contributed by atoms with van der Waals surface area (Å²) in [5, 5.41) is 4.97. The zero-order valence-corrected chi connectivity index (χ0v) is 14.9. The fraction of sp³-hybridized carbons (Fsp3) is 0.667. The van der Waals surface area contributed by atoms with Crippen LogP contribution >= 0.6 is 11.3 Å². The molecule has 3 heterocycles. The smallest absolute Gasteiger partial charge is 0.317 e. The van der Waals surface area contributed by atoms with Crippen LogP contribution in [0.1, 0.15) is 11.8 Å². The predicted molar refractivity (Wildman–Crippen MR) is 91.6 cm³/mol. The Hall–Kier alpha value is -1.12. The summed E-state index contributed by atoms with van der Waals surface area (Å²) in [6, 6.07) is 3.65. The number of rotatable bonds is 4. The van der Waals surface area contributed by atoms with Crippen molar-refractivity contribution in [3.05, 3.63) is 22.4 Å². The zero-order valence-electron chi connectivity index (χ0n) is 13.3. The number of urea groups is 1. The van der Waals surface area contributed by atoms with Gasteiger partial charge in [-0.3, -0.25) is 4.90 Å². The van der Waals surface area contributed by atoms with E-state index >= 15 is 0 Å². The topological polar surface area (TPSA) is 69.7 Å². The summed E-state index contributed by atoms with van der Waals surface area (Å²) in [7, 11) is -3.06. The third-order valence-corrected chi connectivity index (χ3v) is 7.32. The van der Waals surface area contributed by atoms with Crippen LogP contribution in [0.5, 0.6) is 0 Å². The number of nitrogens with zero attached hydrogens (tertiary/aromatic N) is 2. The van der Waals surface area contributed by atoms with E-state index in [0.717, 1.165) is 19.5 Å². The van der Waals surface area contributed by atoms with E-state index in [0.29, 0.717) is 13.1 Å². The van der Waals surface area contributed by atoms with Gasteiger partial charge in [-0.05, 0) is 24.4 Å². The zero-order chi connectivity index (χ0) is 16.4. The second-order valence-electron chi connectivity index (χ2n) is 6.09. The molecule has 0 saturated carbocycles. The number of hydrogen-bond acceptors (Lipinski definition) is 5. The first kappa shape index (κ1) is 16.7. The Balaban J connectivity index is 1.61. The van der Waals surface area contributed by atoms with Gasteiger partial charge in [0.05, 0.1) is 17.5 Å². The second kappa shape index (κ2) is 6.78. The highest BCUT2D eigenvalue weighted by atomic mass is 32.2. The number of sulfone groups is 1. The van der Waals surface area contributed by atoms with Crippen LogP contribution in [0.15, 0.2) is 17.5 Å². The third kappa shape index (κ3) is 3.70. The first-order chi connectivity index (χ1) is 11.0. The van der Waals surface area contributed by atoms with Crippen molar-refractivity contribution in [3.63, 3.8) is 0 Å². The largest absolute Gasteiger partial charge is 0.338 e. The SMILES string of the molecule is CCN1CCN(C(=O)NCCc2cccs2)[C@H]2CS(=O)(=O)C[C@H]21. The summed E-state index contributed by atoms with van der Waals surface area (Å²) in [5.41, 5.74) is 0. The van der Waals surface area contributed by atoms with Crippen molar-refractivity contribution in [2.75, 3.05) is 37.7 Å². The van der Waals surface area contributed by atoms with Crippen LogP contribution in [0.25, 0.3) is 0 Å². The maximum atomic E-state index is 12.5. The van der Waals surface area contributed by atoms with Crippen LogP contribution in [0.2, 0.25) is 0 Å². The Labute approximate surface area is 141 Å². The lowest BCUT2D eigenvalue weighted by atomic mass is 10.1. The van der Waals surface area contributed by atoms with Crippen molar-refractivity contribution < 1.29 is 13.2 Å². The minimum absolute atomic E-state index is 0.0539. The minimum atomic E-state index is -3.06. The molecule has 128 valence electrons. The average molecular weight is 358 g/mol. The molecule has 23 heavy (non-hydrogen) atoms. The molecule has 1 aromatic heterocycles. The normalized spacial score (nSPS) is 26.9. The molecule has 0 radical (unpaired) electrons. The third-order valence-electron chi connectivity index (χ3n) is 4.69. The summed E-state index contributed by atoms with van der Waals surface area (Å²) in [6.07, 6.45) is 0.810. The summed E-state index contributed by atoms with van der Waals surface area (Å²) in [5.74, 6) is 0.261. The molecule has 3 rings (SSSR count). The summed E-state index contributed by atoms with van der Waals surface area (Å²) in [4.78, 5) is 17.6. The molecule has 0 unspecified atom stereocenters. The Morgan fingerprint density at radius 1 is 1.35 bits per heavy atom. The van der Waals surface area contributed by atoms with Crippen LogP contribution in [0.3, 0.4) is 0 Å². The summed E-state index contributed by atoms with van der Waals surface area (Å²) >= 11 is 1.68. The number of hydrogen-bond donors (Lipinski definition) is 1. The van der Waals surface area contributed by atoms with E-state index < -0.39 is 9.84 Å². The molecule has 0 aliphatic carbocycles. The quantitative estimate of drug-likeness (QED) is 0.866. The highest BCUT2D eigenvalue weighted by Gasteiger charge is 2.47. The van der Waals surface area contributed by atoms with Crippen molar-refractivity contribution in [2.45, 2.75) is 25.4 Å². The van der Waals surface area contributed by atoms with Gasteiger partial charge in [-0.1, -0.05) is 13.0 Å². The van der Waals surface area contributed by atoms with E-state index in [9.17, 15) is 13.2 Å². The van der Waals surface area contributed by atoms with Crippen molar-refractivity contribution in [1.82, 2.24) is 15.1 Å². The first-order valence-corrected chi connectivity index (χ1v) is 10.7. The average Bonchev–Trinajstić information content (AvgIpc) is 3.11. The number of likely N-dealkylation sites (N-methyl/N-ethyl adjacent to an activating group) is 1. The van der Waals surface area contributed by atoms with Crippen LogP contribution in [-0.2, 0) is 16.3 Å². The van der Waals surface area contributed by atoms with Gasteiger partial charge < -0.3 is 10.2 Å². The van der Waals surface area contributed by atoms with E-state index in [4.69, 9.17) is 0 Å². The molecule has 2 fully saturated rings. The standard InChI is InChI=1S/C15H23N3O3S2/c1-2-17-7-8-18(14-11-23(20,21)10-13(14)17)15(19)16-6-5-12-4-3-9-22-12/h3-4,9,13-14H,2,5-8,10-11H2,1H3,(H,16,19)/t13-,14+/m1/s1. The van der Waals surface area contributed by atoms with Crippen LogP contribution in [0.4, 0.5) is 4.79 Å². The van der Waals surface area contributed by atoms with Gasteiger partial charge in [0.25, 0.3) is 0 Å². The molecular weight excluding hydrogens is 334 g/mol. The van der Waals surface area contributed by atoms with E-state index in [-0.39, 0.29) is 29.6 Å². The molecule has 6 nitrogen and oxygen atoms in total. The van der Waals surface area contributed by atoms with E-state index in [1.165, 1.54) is 4.88 Å². The van der Waals surface area contributed by atoms with Crippen molar-refractivity contribution in [1.29, 1.82) is 0 Å². The second-order valence-corrected chi connectivity index (χ2v) is 9.28. The molecule has 2 atom stereocenters. The molecule has 8 heteroatoms. The minimum Gasteiger partial charge on any atom is -0.338 e. The molecule has 0 aromatic carbocycles. The van der Waals surface area contributed by atoms with Gasteiger partial charge in [0.15, 0.2) is 9.84 Å². The van der Waals surface area contributed by atoms with Crippen LogP contribution in [-0.4, -0.2) is 74.0 Å². The molecule has 1 N–H and O–H groups in total. The van der Waals surface area contributed by atoms with Crippen molar-refractivity contribution >= 4 is 27.2 Å². The van der Waals surface area contributed by atoms with Crippen molar-refractivity contribution in [2.24, 2.45) is 0 Å². The molecule has 2 saturated heterocycles. The van der Waals surface area contributed by atoms with Gasteiger partial charge in [-0.15, -0.1) is 11.3 Å². The van der Waals surface area contributed by atoms with Gasteiger partial charge >= 0.3 is 6.03 Å². The highest BCUT2D eigenvalue weighted by Crippen LogP contribution is 2.26. The lowest BCUT2D eigenvalue weighted by molar-refractivity contribution is 0.0695. The maximum Gasteiger partial charge on any atom is 0.317 e. The Morgan fingerprint density at radius 3 is 2.83 bits per heavy atom. The monoisotopic (exact) mass is 357 g/mol. The van der Waals surface area contributed by atoms with Crippen LogP contribution in [0, 0.1) is 0 Å². The Morgan fingerprint density at radius 2 is 2.13 bits per heavy atom. The Bertz CT molecular complexity index is 645. The van der Waals surface area contributed by atoms with E-state index in [1.807, 2.05) is 18.4 Å². The molecule has 2 aliphatic rings. The van der Waals surface area contributed by atoms with Gasteiger partial charge in [-0.25, -0.2) is 13.2 Å². The Kier molecular flexibility index (Phi) is 4.93. The predicted octanol–water partition coefficient (Wildman–Crippen LogP) is 0.803. The number of piperazine rings is 1. The molecule has 0 bridgehead atoms. The molecule has 2 amide bonds. The fourth-order valence-electron chi connectivity index (χ4n) is 3.52. The number of thiophene rings is 1. The number of fused-ring (bicyclic) bond motifs is 1. The number of carbonyl (C=O) groups excluding carboxylic acids is 1. The van der Waals surface area contributed by atoms with Gasteiger partial charge in [0.1, 0.15) is 0 Å². The lowest BCUT2D eigenvalue weighted by Gasteiger charge is -2.43. The first-order valence-electron chi connectivity index (χ1n) is 8.01. The molecular formula is C15H23N3O3S2. The number of amides is 2. The summed E-state index contributed by atoms with van der Waals surface area (Å²) in [6.45, 7) is 4.78. The molecule has 1 aromatic rings.